The Balaban J connectivity index is 3.11. The summed E-state index contributed by atoms with van der Waals surface area (Å²) in [5, 5.41) is 18.7. The molecule has 0 amide bonds. The van der Waals surface area contributed by atoms with Gasteiger partial charge in [-0.05, 0) is 48.2 Å². The van der Waals surface area contributed by atoms with Crippen LogP contribution in [0.1, 0.15) is 95.3 Å². The van der Waals surface area contributed by atoms with Gasteiger partial charge in [-0.25, -0.2) is 9.59 Å². The second-order valence-corrected chi connectivity index (χ2v) is 8.69. The minimum absolute atomic E-state index is 0.166. The van der Waals surface area contributed by atoms with Gasteiger partial charge in [0.05, 0.1) is 11.1 Å². The lowest BCUT2D eigenvalue weighted by atomic mass is 9.69. The van der Waals surface area contributed by atoms with Crippen molar-refractivity contribution >= 4 is 11.9 Å². The summed E-state index contributed by atoms with van der Waals surface area (Å²) in [7, 11) is 0. The molecule has 0 spiro atoms. The molecule has 2 aromatic rings. The number of hydrogen-bond donors (Lipinski definition) is 2. The summed E-state index contributed by atoms with van der Waals surface area (Å²) < 4.78 is 89.7. The zero-order valence-electron chi connectivity index (χ0n) is 21.2. The number of benzene rings is 2. The molecule has 39 heavy (non-hydrogen) atoms. The molecule has 0 unspecified atom stereocenters. The largest absolute Gasteiger partial charge is 0.478 e. The molecule has 0 radical (unpaired) electrons. The lowest BCUT2D eigenvalue weighted by Crippen LogP contribution is -2.55. The zero-order chi connectivity index (χ0) is 29.4. The summed E-state index contributed by atoms with van der Waals surface area (Å²) in [4.78, 5) is 23.0. The van der Waals surface area contributed by atoms with E-state index in [0.29, 0.717) is 62.1 Å². The van der Waals surface area contributed by atoms with E-state index < -0.39 is 63.1 Å². The number of carboxylic acids is 2. The van der Waals surface area contributed by atoms with Gasteiger partial charge in [0.2, 0.25) is 5.41 Å². The van der Waals surface area contributed by atoms with Gasteiger partial charge in [-0.15, -0.1) is 0 Å². The van der Waals surface area contributed by atoms with Crippen molar-refractivity contribution in [3.63, 3.8) is 0 Å². The van der Waals surface area contributed by atoms with Crippen molar-refractivity contribution in [1.82, 2.24) is 0 Å². The summed E-state index contributed by atoms with van der Waals surface area (Å²) in [5.41, 5.74) is -9.94. The molecule has 2 rings (SSSR count). The van der Waals surface area contributed by atoms with E-state index in [2.05, 4.69) is 23.7 Å². The molecule has 4 nitrogen and oxygen atoms in total. The number of hydrogen-bond acceptors (Lipinski definition) is 2. The van der Waals surface area contributed by atoms with Crippen molar-refractivity contribution in [3.05, 3.63) is 69.8 Å². The molecule has 0 fully saturated rings. The Morgan fingerprint density at radius 2 is 1.05 bits per heavy atom. The molecule has 0 aliphatic rings. The average Bonchev–Trinajstić information content (AvgIpc) is 2.84. The fourth-order valence-corrected chi connectivity index (χ4v) is 3.98. The molecule has 0 aliphatic heterocycles. The van der Waals surface area contributed by atoms with Crippen LogP contribution in [0, 0.1) is 23.7 Å². The number of aromatic carboxylic acids is 2. The molecule has 2 aromatic carbocycles. The molecule has 10 heteroatoms. The predicted octanol–water partition coefficient (Wildman–Crippen LogP) is 7.58. The first-order valence-electron chi connectivity index (χ1n) is 12.1. The summed E-state index contributed by atoms with van der Waals surface area (Å²) in [6.45, 7) is 3.64. The van der Waals surface area contributed by atoms with E-state index in [-0.39, 0.29) is 12.8 Å². The lowest BCUT2D eigenvalue weighted by molar-refractivity contribution is -0.288. The van der Waals surface area contributed by atoms with Crippen LogP contribution in [0.2, 0.25) is 0 Å². The quantitative estimate of drug-likeness (QED) is 0.201. The third kappa shape index (κ3) is 6.75. The maximum absolute atomic E-state index is 15.0. The Hall–Kier alpha value is -3.92. The van der Waals surface area contributed by atoms with Crippen LogP contribution >= 0.6 is 0 Å². The Labute approximate surface area is 222 Å². The second-order valence-electron chi connectivity index (χ2n) is 8.69. The Kier molecular flexibility index (Phi) is 10.2. The van der Waals surface area contributed by atoms with E-state index in [1.165, 1.54) is 0 Å². The van der Waals surface area contributed by atoms with Gasteiger partial charge in [0, 0.05) is 24.0 Å². The van der Waals surface area contributed by atoms with Gasteiger partial charge in [0.1, 0.15) is 0 Å². The monoisotopic (exact) mass is 552 g/mol. The van der Waals surface area contributed by atoms with E-state index in [1.54, 1.807) is 0 Å². The van der Waals surface area contributed by atoms with E-state index in [1.807, 2.05) is 13.8 Å². The van der Waals surface area contributed by atoms with Crippen molar-refractivity contribution in [3.8, 4) is 23.7 Å². The van der Waals surface area contributed by atoms with Crippen molar-refractivity contribution in [2.45, 2.75) is 70.1 Å². The summed E-state index contributed by atoms with van der Waals surface area (Å²) in [6, 6.07) is 3.60. The lowest BCUT2D eigenvalue weighted by Gasteiger charge is -2.39. The summed E-state index contributed by atoms with van der Waals surface area (Å²) >= 11 is 0. The van der Waals surface area contributed by atoms with Crippen LogP contribution < -0.4 is 0 Å². The van der Waals surface area contributed by atoms with Crippen molar-refractivity contribution < 1.29 is 46.1 Å². The number of halogens is 6. The molecule has 208 valence electrons. The van der Waals surface area contributed by atoms with Gasteiger partial charge in [-0.2, -0.15) is 26.3 Å². The number of alkyl halides is 6. The van der Waals surface area contributed by atoms with Crippen molar-refractivity contribution in [1.29, 1.82) is 0 Å². The molecule has 0 saturated heterocycles. The van der Waals surface area contributed by atoms with Gasteiger partial charge < -0.3 is 10.2 Å². The minimum Gasteiger partial charge on any atom is -0.478 e. The SMILES string of the molecule is CCCCC#Cc1cc(C(=O)O)ccc1C(c1ccc(C(=O)O)cc1C#CCCCC)(C(F)(F)F)C(F)(F)F. The molecular weight excluding hydrogens is 526 g/mol. The van der Waals surface area contributed by atoms with Crippen molar-refractivity contribution in [2.24, 2.45) is 0 Å². The fraction of sp³-hybridized carbons (Fsp3) is 0.379. The van der Waals surface area contributed by atoms with Crippen LogP contribution in [-0.2, 0) is 5.41 Å². The number of unbranched alkanes of at least 4 members (excludes halogenated alkanes) is 4. The number of carboxylic acid groups (broad SMARTS) is 2. The van der Waals surface area contributed by atoms with Gasteiger partial charge in [0.15, 0.2) is 0 Å². The van der Waals surface area contributed by atoms with Gasteiger partial charge in [-0.3, -0.25) is 0 Å². The van der Waals surface area contributed by atoms with Crippen LogP contribution in [0.5, 0.6) is 0 Å². The predicted molar refractivity (Wildman–Crippen MR) is 132 cm³/mol. The normalized spacial score (nSPS) is 11.7. The molecule has 2 N–H and O–H groups in total. The highest BCUT2D eigenvalue weighted by Crippen LogP contribution is 2.57. The van der Waals surface area contributed by atoms with Crippen molar-refractivity contribution in [2.75, 3.05) is 0 Å². The first kappa shape index (κ1) is 31.3. The standard InChI is InChI=1S/C29H26F6O4/c1-3-5-7-9-11-19-17-21(25(36)37)13-15-23(19)27(28(30,31)32,29(33,34)35)24-16-14-22(26(38)39)18-20(24)12-10-8-6-4-2/h13-18H,3-8H2,1-2H3,(H,36,37)(H,38,39). The number of carbonyl (C=O) groups is 2. The van der Waals surface area contributed by atoms with E-state index in [0.717, 1.165) is 0 Å². The van der Waals surface area contributed by atoms with E-state index in [9.17, 15) is 46.1 Å². The molecule has 0 bridgehead atoms. The highest BCUT2D eigenvalue weighted by molar-refractivity contribution is 5.89. The molecule has 0 saturated carbocycles. The zero-order valence-corrected chi connectivity index (χ0v) is 21.2. The molecule has 0 aromatic heterocycles. The smallest absolute Gasteiger partial charge is 0.411 e. The first-order chi connectivity index (χ1) is 18.2. The van der Waals surface area contributed by atoms with E-state index >= 15 is 0 Å². The van der Waals surface area contributed by atoms with Crippen LogP contribution in [0.25, 0.3) is 0 Å². The molecule has 0 aliphatic carbocycles. The van der Waals surface area contributed by atoms with Gasteiger partial charge >= 0.3 is 24.3 Å². The molecule has 0 heterocycles. The summed E-state index contributed by atoms with van der Waals surface area (Å²) in [5.74, 6) is 6.62. The number of rotatable bonds is 8. The molecular formula is C29H26F6O4. The fourth-order valence-electron chi connectivity index (χ4n) is 3.98. The Morgan fingerprint density at radius 1 is 0.692 bits per heavy atom. The molecule has 0 atom stereocenters. The van der Waals surface area contributed by atoms with Crippen LogP contribution in [0.3, 0.4) is 0 Å². The topological polar surface area (TPSA) is 74.6 Å². The summed E-state index contributed by atoms with van der Waals surface area (Å²) in [6.07, 6.45) is -9.30. The van der Waals surface area contributed by atoms with Crippen LogP contribution in [0.4, 0.5) is 26.3 Å². The van der Waals surface area contributed by atoms with Crippen LogP contribution in [-0.4, -0.2) is 34.5 Å². The van der Waals surface area contributed by atoms with Gasteiger partial charge in [0.25, 0.3) is 0 Å². The van der Waals surface area contributed by atoms with Crippen LogP contribution in [0.15, 0.2) is 36.4 Å². The highest BCUT2D eigenvalue weighted by atomic mass is 19.4. The Morgan fingerprint density at radius 3 is 1.33 bits per heavy atom. The highest BCUT2D eigenvalue weighted by Gasteiger charge is 2.73. The Bertz CT molecular complexity index is 1230. The second kappa shape index (κ2) is 12.8. The maximum atomic E-state index is 15.0. The third-order valence-corrected chi connectivity index (χ3v) is 5.95. The first-order valence-corrected chi connectivity index (χ1v) is 12.1. The minimum atomic E-state index is -6.01. The maximum Gasteiger partial charge on any atom is 0.411 e. The average molecular weight is 553 g/mol. The van der Waals surface area contributed by atoms with Gasteiger partial charge in [-0.1, -0.05) is 62.5 Å². The van der Waals surface area contributed by atoms with E-state index in [4.69, 9.17) is 0 Å². The third-order valence-electron chi connectivity index (χ3n) is 5.95.